The quantitative estimate of drug-likeness (QED) is 0.347. The van der Waals surface area contributed by atoms with Gasteiger partial charge in [-0.2, -0.15) is 5.21 Å². The summed E-state index contributed by atoms with van der Waals surface area (Å²) in [7, 11) is 3.12. The largest absolute Gasteiger partial charge is 0.345 e. The third kappa shape index (κ3) is 4.69. The van der Waals surface area contributed by atoms with Crippen LogP contribution >= 0.6 is 0 Å². The van der Waals surface area contributed by atoms with E-state index in [-0.39, 0.29) is 28.3 Å². The van der Waals surface area contributed by atoms with Gasteiger partial charge in [-0.25, -0.2) is 4.98 Å². The topological polar surface area (TPSA) is 127 Å². The normalized spacial score (nSPS) is 13.1. The van der Waals surface area contributed by atoms with Crippen LogP contribution in [0.15, 0.2) is 59.7 Å². The number of allylic oxidation sites excluding steroid dienone is 1. The number of carbonyl (C=O) groups is 3. The predicted molar refractivity (Wildman–Crippen MR) is 145 cm³/mol. The van der Waals surface area contributed by atoms with Gasteiger partial charge in [0, 0.05) is 38.2 Å². The summed E-state index contributed by atoms with van der Waals surface area (Å²) in [5.41, 5.74) is 4.13. The van der Waals surface area contributed by atoms with E-state index >= 15 is 0 Å². The zero-order valence-electron chi connectivity index (χ0n) is 22.4. The fourth-order valence-corrected chi connectivity index (χ4v) is 4.82. The van der Waals surface area contributed by atoms with Gasteiger partial charge in [0.05, 0.1) is 5.57 Å². The average molecular weight is 524 g/mol. The smallest absolute Gasteiger partial charge is 0.257 e. The number of rotatable bonds is 8. The molecule has 2 aromatic heterocycles. The maximum Gasteiger partial charge on any atom is 0.257 e. The Bertz CT molecular complexity index is 1600. The molecule has 0 radical (unpaired) electrons. The first-order valence-electron chi connectivity index (χ1n) is 12.8. The van der Waals surface area contributed by atoms with Crippen LogP contribution in [0.5, 0.6) is 0 Å². The minimum atomic E-state index is -0.495. The second-order valence-corrected chi connectivity index (χ2v) is 9.75. The molecule has 39 heavy (non-hydrogen) atoms. The van der Waals surface area contributed by atoms with Crippen molar-refractivity contribution in [1.29, 1.82) is 0 Å². The van der Waals surface area contributed by atoms with Crippen molar-refractivity contribution in [2.24, 2.45) is 0 Å². The first-order chi connectivity index (χ1) is 18.8. The number of likely N-dealkylation sites (N-methyl/N-ethyl adjacent to an activating group) is 1. The van der Waals surface area contributed by atoms with Gasteiger partial charge in [-0.3, -0.25) is 14.4 Å². The zero-order chi connectivity index (χ0) is 27.7. The monoisotopic (exact) mass is 523 g/mol. The SMILES string of the molecule is CCCCc1nc2c(n1Cc1ccc(-c3ccccc3-c3nn[nH]n3)cc1)C(=O)C(C)=C(C(=O)N(C)C)C2=O. The van der Waals surface area contributed by atoms with Crippen LogP contribution in [-0.2, 0) is 17.8 Å². The molecule has 4 aromatic rings. The van der Waals surface area contributed by atoms with Crippen LogP contribution in [0, 0.1) is 0 Å². The number of aromatic amines is 1. The Morgan fingerprint density at radius 1 is 1.00 bits per heavy atom. The molecular weight excluding hydrogens is 494 g/mol. The van der Waals surface area contributed by atoms with E-state index in [1.54, 1.807) is 21.0 Å². The van der Waals surface area contributed by atoms with Gasteiger partial charge in [0.25, 0.3) is 5.91 Å². The van der Waals surface area contributed by atoms with Gasteiger partial charge >= 0.3 is 0 Å². The molecule has 198 valence electrons. The lowest BCUT2D eigenvalue weighted by atomic mass is 9.90. The first-order valence-corrected chi connectivity index (χ1v) is 12.8. The van der Waals surface area contributed by atoms with E-state index in [0.717, 1.165) is 35.1 Å². The molecule has 0 unspecified atom stereocenters. The number of benzene rings is 2. The standard InChI is InChI=1S/C29H29N7O3/c1-5-6-11-22-30-24-25(26(37)17(2)23(27(24)38)29(39)35(3)4)36(22)16-18-12-14-19(15-13-18)20-9-7-8-10-21(20)28-31-33-34-32-28/h7-10,12-15H,5-6,11,16H2,1-4H3,(H,31,32,33,34). The summed E-state index contributed by atoms with van der Waals surface area (Å²) in [5.74, 6) is -0.139. The molecule has 0 spiro atoms. The molecular formula is C29H29N7O3. The Balaban J connectivity index is 1.51. The van der Waals surface area contributed by atoms with Crippen LogP contribution in [0.25, 0.3) is 22.5 Å². The van der Waals surface area contributed by atoms with Gasteiger partial charge < -0.3 is 9.47 Å². The number of ketones is 2. The molecule has 0 aliphatic heterocycles. The van der Waals surface area contributed by atoms with Gasteiger partial charge in [0.15, 0.2) is 0 Å². The summed E-state index contributed by atoms with van der Waals surface area (Å²) in [4.78, 5) is 45.6. The molecule has 0 fully saturated rings. The summed E-state index contributed by atoms with van der Waals surface area (Å²) in [5, 5.41) is 14.4. The number of hydrogen-bond acceptors (Lipinski definition) is 7. The van der Waals surface area contributed by atoms with E-state index in [0.29, 0.717) is 24.6 Å². The minimum Gasteiger partial charge on any atom is -0.345 e. The summed E-state index contributed by atoms with van der Waals surface area (Å²) < 4.78 is 1.84. The molecule has 1 aliphatic rings. The number of unbranched alkanes of at least 4 members (excludes halogenated alkanes) is 1. The highest BCUT2D eigenvalue weighted by Gasteiger charge is 2.39. The van der Waals surface area contributed by atoms with Crippen LogP contribution in [-0.4, -0.2) is 66.6 Å². The predicted octanol–water partition coefficient (Wildman–Crippen LogP) is 3.90. The molecule has 0 saturated heterocycles. The van der Waals surface area contributed by atoms with Crippen molar-refractivity contribution in [1.82, 2.24) is 35.1 Å². The fourth-order valence-electron chi connectivity index (χ4n) is 4.82. The van der Waals surface area contributed by atoms with Crippen LogP contribution in [0.4, 0.5) is 0 Å². The van der Waals surface area contributed by atoms with Crippen molar-refractivity contribution in [3.05, 3.63) is 82.5 Å². The Morgan fingerprint density at radius 2 is 1.72 bits per heavy atom. The number of aromatic nitrogens is 6. The van der Waals surface area contributed by atoms with Crippen molar-refractivity contribution in [2.45, 2.75) is 39.7 Å². The number of imidazole rings is 1. The number of aryl methyl sites for hydroxylation is 1. The highest BCUT2D eigenvalue weighted by molar-refractivity contribution is 6.35. The van der Waals surface area contributed by atoms with Gasteiger partial charge in [-0.15, -0.1) is 10.2 Å². The van der Waals surface area contributed by atoms with E-state index in [9.17, 15) is 14.4 Å². The van der Waals surface area contributed by atoms with Gasteiger partial charge in [-0.1, -0.05) is 61.9 Å². The molecule has 10 nitrogen and oxygen atoms in total. The number of nitrogens with one attached hydrogen (secondary N) is 1. The van der Waals surface area contributed by atoms with Crippen molar-refractivity contribution >= 4 is 17.5 Å². The molecule has 0 bridgehead atoms. The summed E-state index contributed by atoms with van der Waals surface area (Å²) in [6.07, 6.45) is 2.42. The first kappa shape index (κ1) is 25.9. The zero-order valence-corrected chi connectivity index (χ0v) is 22.4. The second-order valence-electron chi connectivity index (χ2n) is 9.75. The third-order valence-electron chi connectivity index (χ3n) is 6.91. The number of Topliss-reactive ketones (excluding diaryl/α,β-unsaturated/α-hetero) is 2. The van der Waals surface area contributed by atoms with Gasteiger partial charge in [0.2, 0.25) is 17.4 Å². The Labute approximate surface area is 225 Å². The summed E-state index contributed by atoms with van der Waals surface area (Å²) in [6.45, 7) is 3.99. The van der Waals surface area contributed by atoms with Crippen LogP contribution < -0.4 is 0 Å². The van der Waals surface area contributed by atoms with Crippen LogP contribution in [0.1, 0.15) is 59.1 Å². The number of H-pyrrole nitrogens is 1. The summed E-state index contributed by atoms with van der Waals surface area (Å²) >= 11 is 0. The summed E-state index contributed by atoms with van der Waals surface area (Å²) in [6, 6.07) is 15.8. The number of tetrazole rings is 1. The van der Waals surface area contributed by atoms with Crippen LogP contribution in [0.3, 0.4) is 0 Å². The molecule has 0 atom stereocenters. The Hall–Kier alpha value is -4.73. The van der Waals surface area contributed by atoms with Gasteiger partial charge in [-0.05, 0) is 35.2 Å². The lowest BCUT2D eigenvalue weighted by Crippen LogP contribution is -2.33. The van der Waals surface area contributed by atoms with Crippen molar-refractivity contribution < 1.29 is 14.4 Å². The molecule has 1 aliphatic carbocycles. The van der Waals surface area contributed by atoms with Crippen molar-refractivity contribution in [2.75, 3.05) is 14.1 Å². The van der Waals surface area contributed by atoms with Crippen molar-refractivity contribution in [3.8, 4) is 22.5 Å². The molecule has 5 rings (SSSR count). The maximum atomic E-state index is 13.5. The Morgan fingerprint density at radius 3 is 2.36 bits per heavy atom. The van der Waals surface area contributed by atoms with E-state index < -0.39 is 11.7 Å². The molecule has 1 amide bonds. The Kier molecular flexibility index (Phi) is 7.02. The number of nitrogens with zero attached hydrogens (tertiary/aromatic N) is 6. The van der Waals surface area contributed by atoms with Crippen molar-refractivity contribution in [3.63, 3.8) is 0 Å². The van der Waals surface area contributed by atoms with E-state index in [4.69, 9.17) is 0 Å². The number of fused-ring (bicyclic) bond motifs is 1. The highest BCUT2D eigenvalue weighted by Crippen LogP contribution is 2.31. The highest BCUT2D eigenvalue weighted by atomic mass is 16.2. The second kappa shape index (κ2) is 10.6. The molecule has 0 saturated carbocycles. The molecule has 1 N–H and O–H groups in total. The minimum absolute atomic E-state index is 0.0626. The lowest BCUT2D eigenvalue weighted by Gasteiger charge is -2.20. The number of amides is 1. The molecule has 2 heterocycles. The third-order valence-corrected chi connectivity index (χ3v) is 6.91. The lowest BCUT2D eigenvalue weighted by molar-refractivity contribution is -0.124. The molecule has 10 heteroatoms. The average Bonchev–Trinajstić information content (AvgIpc) is 3.60. The van der Waals surface area contributed by atoms with Crippen LogP contribution in [0.2, 0.25) is 0 Å². The van der Waals surface area contributed by atoms with E-state index in [1.807, 2.05) is 53.1 Å². The van der Waals surface area contributed by atoms with E-state index in [2.05, 4.69) is 32.5 Å². The number of carbonyl (C=O) groups excluding carboxylic acids is 3. The number of hydrogen-bond donors (Lipinski definition) is 1. The molecule has 2 aromatic carbocycles. The maximum absolute atomic E-state index is 13.5. The van der Waals surface area contributed by atoms with E-state index in [1.165, 1.54) is 4.90 Å². The fraction of sp³-hybridized carbons (Fsp3) is 0.276. The van der Waals surface area contributed by atoms with Gasteiger partial charge in [0.1, 0.15) is 17.2 Å².